The SMILES string of the molecule is Cc1cc(C)cc(NC(=O)COC(=O)CSC(=S)N2CCC(C)CC2)c1. The Bertz CT molecular complexity index is 650. The molecule has 0 aliphatic carbocycles. The van der Waals surface area contributed by atoms with Gasteiger partial charge in [0.1, 0.15) is 4.32 Å². The summed E-state index contributed by atoms with van der Waals surface area (Å²) >= 11 is 6.68. The highest BCUT2D eigenvalue weighted by Gasteiger charge is 2.19. The molecule has 5 nitrogen and oxygen atoms in total. The lowest BCUT2D eigenvalue weighted by Crippen LogP contribution is -2.35. The molecule has 2 rings (SSSR count). The fourth-order valence-corrected chi connectivity index (χ4v) is 3.88. The minimum Gasteiger partial charge on any atom is -0.455 e. The summed E-state index contributed by atoms with van der Waals surface area (Å²) in [7, 11) is 0. The molecule has 1 heterocycles. The van der Waals surface area contributed by atoms with E-state index < -0.39 is 5.97 Å². The largest absolute Gasteiger partial charge is 0.455 e. The van der Waals surface area contributed by atoms with Crippen molar-refractivity contribution in [2.45, 2.75) is 33.6 Å². The first-order valence-corrected chi connectivity index (χ1v) is 10.2. The van der Waals surface area contributed by atoms with Crippen molar-refractivity contribution in [1.82, 2.24) is 4.90 Å². The van der Waals surface area contributed by atoms with Crippen LogP contribution >= 0.6 is 24.0 Å². The number of thiocarbonyl (C=S) groups is 1. The van der Waals surface area contributed by atoms with E-state index in [0.717, 1.165) is 47.3 Å². The number of carbonyl (C=O) groups is 2. The van der Waals surface area contributed by atoms with E-state index in [4.69, 9.17) is 17.0 Å². The number of ether oxygens (including phenoxy) is 1. The average molecular weight is 395 g/mol. The summed E-state index contributed by atoms with van der Waals surface area (Å²) < 4.78 is 5.77. The number of hydrogen-bond acceptors (Lipinski definition) is 5. The first kappa shape index (κ1) is 20.7. The Labute approximate surface area is 164 Å². The molecular formula is C19H26N2O3S2. The third kappa shape index (κ3) is 6.96. The van der Waals surface area contributed by atoms with Crippen LogP contribution in [0.4, 0.5) is 5.69 Å². The van der Waals surface area contributed by atoms with E-state index in [1.165, 1.54) is 11.8 Å². The molecule has 0 aromatic heterocycles. The zero-order valence-electron chi connectivity index (χ0n) is 15.5. The van der Waals surface area contributed by atoms with Crippen LogP contribution in [-0.4, -0.2) is 46.5 Å². The molecule has 0 saturated carbocycles. The van der Waals surface area contributed by atoms with E-state index in [9.17, 15) is 9.59 Å². The lowest BCUT2D eigenvalue weighted by molar-refractivity contribution is -0.144. The van der Waals surface area contributed by atoms with Gasteiger partial charge < -0.3 is 15.0 Å². The lowest BCUT2D eigenvalue weighted by atomic mass is 10.00. The molecule has 1 aliphatic rings. The average Bonchev–Trinajstić information content (AvgIpc) is 2.57. The highest BCUT2D eigenvalue weighted by atomic mass is 32.2. The molecule has 1 saturated heterocycles. The van der Waals surface area contributed by atoms with E-state index in [0.29, 0.717) is 5.69 Å². The van der Waals surface area contributed by atoms with Crippen molar-refractivity contribution >= 4 is 45.9 Å². The number of piperidine rings is 1. The van der Waals surface area contributed by atoms with Gasteiger partial charge in [0.25, 0.3) is 5.91 Å². The van der Waals surface area contributed by atoms with Crippen LogP contribution in [0, 0.1) is 19.8 Å². The number of nitrogens with zero attached hydrogens (tertiary/aromatic N) is 1. The Morgan fingerprint density at radius 1 is 1.23 bits per heavy atom. The number of carbonyl (C=O) groups excluding carboxylic acids is 2. The maximum atomic E-state index is 11.9. The summed E-state index contributed by atoms with van der Waals surface area (Å²) in [5.74, 6) is 0.0841. The standard InChI is InChI=1S/C19H26N2O3S2/c1-13-4-6-21(7-5-13)19(25)26-12-18(23)24-11-17(22)20-16-9-14(2)8-15(3)10-16/h8-10,13H,4-7,11-12H2,1-3H3,(H,20,22). The molecule has 1 amide bonds. The zero-order valence-corrected chi connectivity index (χ0v) is 17.2. The molecule has 1 fully saturated rings. The van der Waals surface area contributed by atoms with Crippen LogP contribution in [0.1, 0.15) is 30.9 Å². The zero-order chi connectivity index (χ0) is 19.1. The second kappa shape index (κ2) is 9.92. The van der Waals surface area contributed by atoms with Crippen LogP contribution in [0.2, 0.25) is 0 Å². The molecule has 7 heteroatoms. The van der Waals surface area contributed by atoms with Crippen LogP contribution in [0.3, 0.4) is 0 Å². The molecule has 26 heavy (non-hydrogen) atoms. The van der Waals surface area contributed by atoms with Gasteiger partial charge >= 0.3 is 5.97 Å². The van der Waals surface area contributed by atoms with E-state index >= 15 is 0 Å². The van der Waals surface area contributed by atoms with E-state index in [2.05, 4.69) is 17.1 Å². The summed E-state index contributed by atoms with van der Waals surface area (Å²) in [5.41, 5.74) is 2.84. The Morgan fingerprint density at radius 3 is 2.46 bits per heavy atom. The Morgan fingerprint density at radius 2 is 1.85 bits per heavy atom. The maximum Gasteiger partial charge on any atom is 0.316 e. The van der Waals surface area contributed by atoms with Gasteiger partial charge in [-0.2, -0.15) is 0 Å². The molecule has 0 radical (unpaired) electrons. The summed E-state index contributed by atoms with van der Waals surface area (Å²) in [5, 5.41) is 2.74. The normalized spacial score (nSPS) is 14.8. The van der Waals surface area contributed by atoms with Gasteiger partial charge in [-0.3, -0.25) is 9.59 Å². The van der Waals surface area contributed by atoms with Crippen LogP contribution in [-0.2, 0) is 14.3 Å². The Kier molecular flexibility index (Phi) is 7.90. The van der Waals surface area contributed by atoms with Crippen molar-refractivity contribution < 1.29 is 14.3 Å². The smallest absolute Gasteiger partial charge is 0.316 e. The predicted molar refractivity (Wildman–Crippen MR) is 111 cm³/mol. The van der Waals surface area contributed by atoms with E-state index in [1.54, 1.807) is 0 Å². The second-order valence-electron chi connectivity index (χ2n) is 6.81. The third-order valence-electron chi connectivity index (χ3n) is 4.23. The third-order valence-corrected chi connectivity index (χ3v) is 5.72. The minimum absolute atomic E-state index is 0.127. The van der Waals surface area contributed by atoms with Gasteiger partial charge in [-0.15, -0.1) is 0 Å². The quantitative estimate of drug-likeness (QED) is 0.609. The Balaban J connectivity index is 1.67. The number of thioether (sulfide) groups is 1. The molecule has 1 aromatic rings. The number of rotatable bonds is 5. The van der Waals surface area contributed by atoms with Gasteiger partial charge in [0.2, 0.25) is 0 Å². The molecule has 1 aliphatic heterocycles. The second-order valence-corrected chi connectivity index (χ2v) is 8.42. The van der Waals surface area contributed by atoms with Gasteiger partial charge in [-0.25, -0.2) is 0 Å². The summed E-state index contributed by atoms with van der Waals surface area (Å²) in [4.78, 5) is 25.9. The summed E-state index contributed by atoms with van der Waals surface area (Å²) in [6, 6.07) is 5.78. The minimum atomic E-state index is -0.432. The van der Waals surface area contributed by atoms with Gasteiger partial charge in [0, 0.05) is 18.8 Å². The topological polar surface area (TPSA) is 58.6 Å². The summed E-state index contributed by atoms with van der Waals surface area (Å²) in [6.45, 7) is 7.77. The number of aryl methyl sites for hydroxylation is 2. The molecule has 1 aromatic carbocycles. The van der Waals surface area contributed by atoms with Crippen molar-refractivity contribution in [3.05, 3.63) is 29.3 Å². The first-order valence-electron chi connectivity index (χ1n) is 8.79. The number of amides is 1. The van der Waals surface area contributed by atoms with Crippen LogP contribution in [0.5, 0.6) is 0 Å². The van der Waals surface area contributed by atoms with Gasteiger partial charge in [-0.1, -0.05) is 37.0 Å². The van der Waals surface area contributed by atoms with Crippen molar-refractivity contribution in [3.63, 3.8) is 0 Å². The number of anilines is 1. The first-order chi connectivity index (χ1) is 12.3. The van der Waals surface area contributed by atoms with Crippen LogP contribution < -0.4 is 5.32 Å². The van der Waals surface area contributed by atoms with Crippen molar-refractivity contribution in [2.24, 2.45) is 5.92 Å². The number of benzene rings is 1. The molecule has 1 N–H and O–H groups in total. The van der Waals surface area contributed by atoms with Gasteiger partial charge in [0.05, 0.1) is 5.75 Å². The molecule has 142 valence electrons. The van der Waals surface area contributed by atoms with E-state index in [1.807, 2.05) is 32.0 Å². The predicted octanol–water partition coefficient (Wildman–Crippen LogP) is 3.54. The van der Waals surface area contributed by atoms with Crippen LogP contribution in [0.15, 0.2) is 18.2 Å². The fraction of sp³-hybridized carbons (Fsp3) is 0.526. The van der Waals surface area contributed by atoms with Crippen molar-refractivity contribution in [1.29, 1.82) is 0 Å². The maximum absolute atomic E-state index is 11.9. The van der Waals surface area contributed by atoms with Crippen LogP contribution in [0.25, 0.3) is 0 Å². The molecule has 0 bridgehead atoms. The molecule has 0 unspecified atom stereocenters. The van der Waals surface area contributed by atoms with Crippen molar-refractivity contribution in [3.8, 4) is 0 Å². The fourth-order valence-electron chi connectivity index (χ4n) is 2.83. The Hall–Kier alpha value is -1.60. The highest BCUT2D eigenvalue weighted by Crippen LogP contribution is 2.20. The van der Waals surface area contributed by atoms with Gasteiger partial charge in [0.15, 0.2) is 6.61 Å². The number of likely N-dealkylation sites (tertiary alicyclic amines) is 1. The summed E-state index contributed by atoms with van der Waals surface area (Å²) in [6.07, 6.45) is 2.26. The molecule has 0 atom stereocenters. The number of nitrogens with one attached hydrogen (secondary N) is 1. The highest BCUT2D eigenvalue weighted by molar-refractivity contribution is 8.23. The molecule has 0 spiro atoms. The lowest BCUT2D eigenvalue weighted by Gasteiger charge is -2.31. The van der Waals surface area contributed by atoms with Gasteiger partial charge in [-0.05, 0) is 55.9 Å². The van der Waals surface area contributed by atoms with Crippen molar-refractivity contribution in [2.75, 3.05) is 30.8 Å². The number of esters is 1. The molecular weight excluding hydrogens is 368 g/mol. The monoisotopic (exact) mass is 394 g/mol. The number of hydrogen-bond donors (Lipinski definition) is 1. The van der Waals surface area contributed by atoms with E-state index in [-0.39, 0.29) is 18.3 Å².